The fourth-order valence-corrected chi connectivity index (χ4v) is 4.45. The fourth-order valence-electron chi connectivity index (χ4n) is 3.62. The standard InChI is InChI=1S/C21H26N4O3S/c1-14-8-15(2)21-17(9-14)18(23-28-21)10-20(26)24(3)11-16-13-29-19(22-16)12-25-4-6-27-7-5-25/h8-9,13H,4-7,10-12H2,1-3H3. The van der Waals surface area contributed by atoms with Gasteiger partial charge in [-0.05, 0) is 31.0 Å². The minimum Gasteiger partial charge on any atom is -0.379 e. The highest BCUT2D eigenvalue weighted by Gasteiger charge is 2.18. The topological polar surface area (TPSA) is 71.7 Å². The Labute approximate surface area is 174 Å². The molecular formula is C21H26N4O3S. The van der Waals surface area contributed by atoms with Crippen LogP contribution in [0.25, 0.3) is 11.0 Å². The Morgan fingerprint density at radius 2 is 2.07 bits per heavy atom. The van der Waals surface area contributed by atoms with Crippen molar-refractivity contribution in [2.45, 2.75) is 33.4 Å². The van der Waals surface area contributed by atoms with Gasteiger partial charge in [0.05, 0.1) is 38.4 Å². The van der Waals surface area contributed by atoms with Gasteiger partial charge < -0.3 is 14.2 Å². The first-order chi connectivity index (χ1) is 14.0. The maximum Gasteiger partial charge on any atom is 0.228 e. The van der Waals surface area contributed by atoms with Gasteiger partial charge in [-0.3, -0.25) is 9.69 Å². The van der Waals surface area contributed by atoms with Crippen LogP contribution < -0.4 is 0 Å². The van der Waals surface area contributed by atoms with Gasteiger partial charge in [-0.2, -0.15) is 0 Å². The van der Waals surface area contributed by atoms with E-state index in [0.717, 1.165) is 65.6 Å². The number of rotatable bonds is 6. The number of nitrogens with zero attached hydrogens (tertiary/aromatic N) is 4. The number of amides is 1. The van der Waals surface area contributed by atoms with Gasteiger partial charge >= 0.3 is 0 Å². The minimum atomic E-state index is 0.00193. The van der Waals surface area contributed by atoms with Gasteiger partial charge in [0.15, 0.2) is 5.58 Å². The summed E-state index contributed by atoms with van der Waals surface area (Å²) in [5, 5.41) is 8.19. The Kier molecular flexibility index (Phi) is 5.94. The molecule has 154 valence electrons. The zero-order valence-electron chi connectivity index (χ0n) is 17.1. The fraction of sp³-hybridized carbons (Fsp3) is 0.476. The van der Waals surface area contributed by atoms with Crippen molar-refractivity contribution in [3.8, 4) is 0 Å². The van der Waals surface area contributed by atoms with Crippen molar-refractivity contribution in [2.75, 3.05) is 33.4 Å². The molecule has 0 unspecified atom stereocenters. The molecule has 7 nitrogen and oxygen atoms in total. The molecule has 1 aliphatic rings. The summed E-state index contributed by atoms with van der Waals surface area (Å²) in [6.45, 7) is 8.82. The molecule has 3 aromatic rings. The number of fused-ring (bicyclic) bond motifs is 1. The Morgan fingerprint density at radius 3 is 2.86 bits per heavy atom. The molecule has 0 aliphatic carbocycles. The van der Waals surface area contributed by atoms with Crippen molar-refractivity contribution in [2.24, 2.45) is 0 Å². The number of ether oxygens (including phenoxy) is 1. The maximum atomic E-state index is 12.7. The van der Waals surface area contributed by atoms with Crippen LogP contribution in [0.5, 0.6) is 0 Å². The highest BCUT2D eigenvalue weighted by Crippen LogP contribution is 2.24. The van der Waals surface area contributed by atoms with Crippen LogP contribution in [0.15, 0.2) is 22.0 Å². The van der Waals surface area contributed by atoms with Gasteiger partial charge in [-0.15, -0.1) is 11.3 Å². The van der Waals surface area contributed by atoms with Gasteiger partial charge in [-0.25, -0.2) is 4.98 Å². The summed E-state index contributed by atoms with van der Waals surface area (Å²) in [4.78, 5) is 21.5. The first-order valence-electron chi connectivity index (χ1n) is 9.82. The zero-order chi connectivity index (χ0) is 20.4. The number of morpholine rings is 1. The van der Waals surface area contributed by atoms with Gasteiger partial charge in [0.1, 0.15) is 10.7 Å². The molecule has 0 radical (unpaired) electrons. The number of carbonyl (C=O) groups excluding carboxylic acids is 1. The van der Waals surface area contributed by atoms with Gasteiger partial charge in [-0.1, -0.05) is 11.2 Å². The molecule has 3 heterocycles. The molecule has 0 spiro atoms. The predicted octanol–water partition coefficient (Wildman–Crippen LogP) is 2.93. The highest BCUT2D eigenvalue weighted by atomic mass is 32.1. The Morgan fingerprint density at radius 1 is 1.28 bits per heavy atom. The molecule has 4 rings (SSSR count). The lowest BCUT2D eigenvalue weighted by Crippen LogP contribution is -2.35. The number of thiazole rings is 1. The summed E-state index contributed by atoms with van der Waals surface area (Å²) in [6, 6.07) is 4.09. The number of hydrogen-bond acceptors (Lipinski definition) is 7. The summed E-state index contributed by atoms with van der Waals surface area (Å²) in [7, 11) is 1.81. The molecule has 1 aliphatic heterocycles. The monoisotopic (exact) mass is 414 g/mol. The third-order valence-corrected chi connectivity index (χ3v) is 6.06. The van der Waals surface area contributed by atoms with Gasteiger partial charge in [0.25, 0.3) is 0 Å². The Hall–Kier alpha value is -2.29. The molecule has 0 saturated carbocycles. The molecule has 1 saturated heterocycles. The van der Waals surface area contributed by atoms with Crippen molar-refractivity contribution in [1.29, 1.82) is 0 Å². The van der Waals surface area contributed by atoms with E-state index in [4.69, 9.17) is 14.2 Å². The number of aryl methyl sites for hydroxylation is 2. The highest BCUT2D eigenvalue weighted by molar-refractivity contribution is 7.09. The lowest BCUT2D eigenvalue weighted by atomic mass is 10.1. The van der Waals surface area contributed by atoms with E-state index in [2.05, 4.69) is 16.1 Å². The lowest BCUT2D eigenvalue weighted by molar-refractivity contribution is -0.129. The molecule has 0 N–H and O–H groups in total. The summed E-state index contributed by atoms with van der Waals surface area (Å²) in [6.07, 6.45) is 0.219. The van der Waals surface area contributed by atoms with Crippen LogP contribution in [0.3, 0.4) is 0 Å². The van der Waals surface area contributed by atoms with Crippen molar-refractivity contribution in [1.82, 2.24) is 19.9 Å². The number of hydrogen-bond donors (Lipinski definition) is 0. The second-order valence-electron chi connectivity index (χ2n) is 7.64. The van der Waals surface area contributed by atoms with Crippen LogP contribution >= 0.6 is 11.3 Å². The number of carbonyl (C=O) groups is 1. The van der Waals surface area contributed by atoms with Crippen molar-refractivity contribution in [3.05, 3.63) is 45.0 Å². The van der Waals surface area contributed by atoms with Crippen LogP contribution in [0.1, 0.15) is 27.5 Å². The molecule has 8 heteroatoms. The van der Waals surface area contributed by atoms with Crippen LogP contribution in [0, 0.1) is 13.8 Å². The average molecular weight is 415 g/mol. The average Bonchev–Trinajstić information content (AvgIpc) is 3.30. The molecule has 29 heavy (non-hydrogen) atoms. The van der Waals surface area contributed by atoms with E-state index >= 15 is 0 Å². The normalized spacial score (nSPS) is 15.1. The molecule has 1 aromatic carbocycles. The van der Waals surface area contributed by atoms with Crippen molar-refractivity contribution >= 4 is 28.2 Å². The Balaban J connectivity index is 1.37. The Bertz CT molecular complexity index is 1010. The van der Waals surface area contributed by atoms with Gasteiger partial charge in [0.2, 0.25) is 5.91 Å². The summed E-state index contributed by atoms with van der Waals surface area (Å²) in [5.74, 6) is 0.00193. The van der Waals surface area contributed by atoms with E-state index in [1.807, 2.05) is 32.3 Å². The second kappa shape index (κ2) is 8.61. The largest absolute Gasteiger partial charge is 0.379 e. The number of aromatic nitrogens is 2. The second-order valence-corrected chi connectivity index (χ2v) is 8.58. The molecule has 0 bridgehead atoms. The third kappa shape index (κ3) is 4.66. The smallest absolute Gasteiger partial charge is 0.228 e. The van der Waals surface area contributed by atoms with Crippen LogP contribution in [0.2, 0.25) is 0 Å². The zero-order valence-corrected chi connectivity index (χ0v) is 17.9. The van der Waals surface area contributed by atoms with Crippen LogP contribution in [0.4, 0.5) is 0 Å². The number of benzene rings is 1. The molecule has 1 fully saturated rings. The van der Waals surface area contributed by atoms with E-state index in [-0.39, 0.29) is 12.3 Å². The van der Waals surface area contributed by atoms with Crippen molar-refractivity contribution in [3.63, 3.8) is 0 Å². The first-order valence-corrected chi connectivity index (χ1v) is 10.7. The van der Waals surface area contributed by atoms with Crippen LogP contribution in [-0.2, 0) is 29.0 Å². The third-order valence-electron chi connectivity index (χ3n) is 5.18. The van der Waals surface area contributed by atoms with Crippen molar-refractivity contribution < 1.29 is 14.1 Å². The van der Waals surface area contributed by atoms with Gasteiger partial charge in [0, 0.05) is 30.9 Å². The number of likely N-dealkylation sites (N-methyl/N-ethyl adjacent to an activating group) is 1. The van der Waals surface area contributed by atoms with Crippen LogP contribution in [-0.4, -0.2) is 59.2 Å². The lowest BCUT2D eigenvalue weighted by Gasteiger charge is -2.25. The molecule has 0 atom stereocenters. The van der Waals surface area contributed by atoms with E-state index in [1.54, 1.807) is 16.2 Å². The molecule has 1 amide bonds. The quantitative estimate of drug-likeness (QED) is 0.618. The SMILES string of the molecule is Cc1cc(C)c2onc(CC(=O)N(C)Cc3csc(CN4CCOCC4)n3)c2c1. The summed E-state index contributed by atoms with van der Waals surface area (Å²) >= 11 is 1.65. The minimum absolute atomic E-state index is 0.00193. The van der Waals surface area contributed by atoms with E-state index < -0.39 is 0 Å². The summed E-state index contributed by atoms with van der Waals surface area (Å²) in [5.41, 5.74) is 4.54. The molecule has 2 aromatic heterocycles. The van der Waals surface area contributed by atoms with E-state index in [9.17, 15) is 4.79 Å². The maximum absolute atomic E-state index is 12.7. The van der Waals surface area contributed by atoms with E-state index in [1.165, 1.54) is 0 Å². The van der Waals surface area contributed by atoms with E-state index in [0.29, 0.717) is 12.2 Å². The summed E-state index contributed by atoms with van der Waals surface area (Å²) < 4.78 is 10.9. The predicted molar refractivity (Wildman–Crippen MR) is 112 cm³/mol. The first kappa shape index (κ1) is 20.0. The molecular weight excluding hydrogens is 388 g/mol.